The summed E-state index contributed by atoms with van der Waals surface area (Å²) in [5.74, 6) is 0.468. The van der Waals surface area contributed by atoms with E-state index >= 15 is 0 Å². The highest BCUT2D eigenvalue weighted by molar-refractivity contribution is 5.97. The van der Waals surface area contributed by atoms with Crippen LogP contribution >= 0.6 is 0 Å². The number of hydrogen-bond acceptors (Lipinski definition) is 4. The summed E-state index contributed by atoms with van der Waals surface area (Å²) in [7, 11) is 5.50. The number of nitrogens with zero attached hydrogens (tertiary/aromatic N) is 2. The molecule has 0 bridgehead atoms. The predicted octanol–water partition coefficient (Wildman–Crippen LogP) is 2.80. The maximum Gasteiger partial charge on any atom is 0.255 e. The fraction of sp³-hybridized carbons (Fsp3) is 0.364. The number of para-hydroxylation sites is 1. The molecule has 6 nitrogen and oxygen atoms in total. The second-order valence-electron chi connectivity index (χ2n) is 7.18. The van der Waals surface area contributed by atoms with Crippen LogP contribution in [0.1, 0.15) is 33.6 Å². The minimum absolute atomic E-state index is 0.0415. The monoisotopic (exact) mass is 381 g/mol. The van der Waals surface area contributed by atoms with E-state index in [1.54, 1.807) is 19.2 Å². The highest BCUT2D eigenvalue weighted by Crippen LogP contribution is 2.20. The Morgan fingerprint density at radius 2 is 1.68 bits per heavy atom. The van der Waals surface area contributed by atoms with Gasteiger partial charge < -0.3 is 19.9 Å². The van der Waals surface area contributed by atoms with Gasteiger partial charge in [-0.1, -0.05) is 12.1 Å². The first kappa shape index (κ1) is 19.7. The minimum Gasteiger partial charge on any atom is -0.496 e. The third kappa shape index (κ3) is 4.44. The molecule has 28 heavy (non-hydrogen) atoms. The highest BCUT2D eigenvalue weighted by atomic mass is 16.5. The third-order valence-electron chi connectivity index (χ3n) is 5.10. The number of hydrogen-bond donors (Lipinski definition) is 1. The van der Waals surface area contributed by atoms with Gasteiger partial charge in [0.25, 0.3) is 11.8 Å². The lowest BCUT2D eigenvalue weighted by Gasteiger charge is -2.32. The summed E-state index contributed by atoms with van der Waals surface area (Å²) in [6.07, 6.45) is 1.48. The Hall–Kier alpha value is -3.02. The lowest BCUT2D eigenvalue weighted by molar-refractivity contribution is 0.0698. The summed E-state index contributed by atoms with van der Waals surface area (Å²) >= 11 is 0. The van der Waals surface area contributed by atoms with Gasteiger partial charge in [-0.25, -0.2) is 0 Å². The van der Waals surface area contributed by atoms with E-state index in [4.69, 9.17) is 4.74 Å². The SMILES string of the molecule is COc1ccccc1C(=O)NC1CCN(C(=O)c2ccc(N(C)C)cc2)CC1. The van der Waals surface area contributed by atoms with Crippen molar-refractivity contribution < 1.29 is 14.3 Å². The fourth-order valence-electron chi connectivity index (χ4n) is 3.41. The molecular formula is C22H27N3O3. The van der Waals surface area contributed by atoms with Gasteiger partial charge in [0.15, 0.2) is 0 Å². The van der Waals surface area contributed by atoms with E-state index in [2.05, 4.69) is 5.32 Å². The van der Waals surface area contributed by atoms with Crippen LogP contribution in [-0.4, -0.2) is 57.1 Å². The molecule has 0 spiro atoms. The normalized spacial score (nSPS) is 14.5. The number of carbonyl (C=O) groups excluding carboxylic acids is 2. The van der Waals surface area contributed by atoms with Gasteiger partial charge >= 0.3 is 0 Å². The second kappa shape index (κ2) is 8.78. The van der Waals surface area contributed by atoms with Crippen LogP contribution in [0, 0.1) is 0 Å². The average Bonchev–Trinajstić information content (AvgIpc) is 2.73. The Kier molecular flexibility index (Phi) is 6.19. The maximum absolute atomic E-state index is 12.7. The van der Waals surface area contributed by atoms with E-state index < -0.39 is 0 Å². The summed E-state index contributed by atoms with van der Waals surface area (Å²) in [5, 5.41) is 3.07. The molecule has 1 aliphatic rings. The highest BCUT2D eigenvalue weighted by Gasteiger charge is 2.25. The van der Waals surface area contributed by atoms with E-state index in [9.17, 15) is 9.59 Å². The van der Waals surface area contributed by atoms with E-state index in [-0.39, 0.29) is 17.9 Å². The zero-order valence-corrected chi connectivity index (χ0v) is 16.6. The molecule has 1 heterocycles. The van der Waals surface area contributed by atoms with Crippen molar-refractivity contribution in [3.8, 4) is 5.75 Å². The van der Waals surface area contributed by atoms with Gasteiger partial charge in [-0.05, 0) is 49.2 Å². The van der Waals surface area contributed by atoms with Crippen LogP contribution in [0.15, 0.2) is 48.5 Å². The average molecular weight is 381 g/mol. The van der Waals surface area contributed by atoms with Crippen molar-refractivity contribution in [2.45, 2.75) is 18.9 Å². The van der Waals surface area contributed by atoms with E-state index in [0.717, 1.165) is 18.5 Å². The Bertz CT molecular complexity index is 825. The van der Waals surface area contributed by atoms with Crippen LogP contribution in [-0.2, 0) is 0 Å². The van der Waals surface area contributed by atoms with Crippen LogP contribution in [0.2, 0.25) is 0 Å². The van der Waals surface area contributed by atoms with E-state index in [0.29, 0.717) is 30.0 Å². The molecule has 0 radical (unpaired) electrons. The smallest absolute Gasteiger partial charge is 0.255 e. The standard InChI is InChI=1S/C22H27N3O3/c1-24(2)18-10-8-16(9-11-18)22(27)25-14-12-17(13-15-25)23-21(26)19-6-4-5-7-20(19)28-3/h4-11,17H,12-15H2,1-3H3,(H,23,26). The first-order valence-electron chi connectivity index (χ1n) is 9.50. The Morgan fingerprint density at radius 1 is 1.04 bits per heavy atom. The molecular weight excluding hydrogens is 354 g/mol. The number of nitrogens with one attached hydrogen (secondary N) is 1. The molecule has 1 aliphatic heterocycles. The van der Waals surface area contributed by atoms with Gasteiger partial charge in [-0.15, -0.1) is 0 Å². The van der Waals surface area contributed by atoms with Gasteiger partial charge in [-0.2, -0.15) is 0 Å². The summed E-state index contributed by atoms with van der Waals surface area (Å²) in [6, 6.07) is 14.9. The Labute approximate surface area is 166 Å². The van der Waals surface area contributed by atoms with Gasteiger partial charge in [0.2, 0.25) is 0 Å². The molecule has 0 saturated carbocycles. The topological polar surface area (TPSA) is 61.9 Å². The van der Waals surface area contributed by atoms with Crippen LogP contribution < -0.4 is 15.0 Å². The van der Waals surface area contributed by atoms with Crippen molar-refractivity contribution in [1.29, 1.82) is 0 Å². The number of amides is 2. The van der Waals surface area contributed by atoms with Crippen LogP contribution in [0.5, 0.6) is 5.75 Å². The summed E-state index contributed by atoms with van der Waals surface area (Å²) < 4.78 is 5.26. The zero-order chi connectivity index (χ0) is 20.1. The number of methoxy groups -OCH3 is 1. The molecule has 1 fully saturated rings. The summed E-state index contributed by atoms with van der Waals surface area (Å²) in [5.41, 5.74) is 2.29. The number of likely N-dealkylation sites (tertiary alicyclic amines) is 1. The van der Waals surface area contributed by atoms with Crippen LogP contribution in [0.25, 0.3) is 0 Å². The van der Waals surface area contributed by atoms with Gasteiger partial charge in [-0.3, -0.25) is 9.59 Å². The summed E-state index contributed by atoms with van der Waals surface area (Å²) in [4.78, 5) is 29.1. The molecule has 148 valence electrons. The molecule has 0 atom stereocenters. The van der Waals surface area contributed by atoms with Gasteiger partial charge in [0.05, 0.1) is 12.7 Å². The minimum atomic E-state index is -0.137. The number of rotatable bonds is 5. The van der Waals surface area contributed by atoms with Gasteiger partial charge in [0, 0.05) is 44.5 Å². The lowest BCUT2D eigenvalue weighted by Crippen LogP contribution is -2.46. The molecule has 1 N–H and O–H groups in total. The number of anilines is 1. The quantitative estimate of drug-likeness (QED) is 0.865. The molecule has 1 saturated heterocycles. The molecule has 6 heteroatoms. The first-order valence-corrected chi connectivity index (χ1v) is 9.50. The van der Waals surface area contributed by atoms with E-state index in [1.165, 1.54) is 0 Å². The molecule has 3 rings (SSSR count). The Morgan fingerprint density at radius 3 is 2.29 bits per heavy atom. The van der Waals surface area contributed by atoms with Crippen molar-refractivity contribution in [1.82, 2.24) is 10.2 Å². The maximum atomic E-state index is 12.7. The Balaban J connectivity index is 1.55. The molecule has 0 aromatic heterocycles. The van der Waals surface area contributed by atoms with Crippen molar-refractivity contribution >= 4 is 17.5 Å². The van der Waals surface area contributed by atoms with Crippen molar-refractivity contribution in [3.63, 3.8) is 0 Å². The predicted molar refractivity (Wildman–Crippen MR) is 110 cm³/mol. The number of carbonyl (C=O) groups is 2. The van der Waals surface area contributed by atoms with Gasteiger partial charge in [0.1, 0.15) is 5.75 Å². The molecule has 2 amide bonds. The van der Waals surface area contributed by atoms with Crippen molar-refractivity contribution in [2.24, 2.45) is 0 Å². The molecule has 2 aromatic carbocycles. The first-order chi connectivity index (χ1) is 13.5. The molecule has 0 unspecified atom stereocenters. The number of ether oxygens (including phenoxy) is 1. The third-order valence-corrected chi connectivity index (χ3v) is 5.10. The van der Waals surface area contributed by atoms with Crippen molar-refractivity contribution in [2.75, 3.05) is 39.2 Å². The fourth-order valence-corrected chi connectivity index (χ4v) is 3.41. The van der Waals surface area contributed by atoms with Crippen molar-refractivity contribution in [3.05, 3.63) is 59.7 Å². The number of benzene rings is 2. The largest absolute Gasteiger partial charge is 0.496 e. The number of piperidine rings is 1. The van der Waals surface area contributed by atoms with Crippen LogP contribution in [0.3, 0.4) is 0 Å². The zero-order valence-electron chi connectivity index (χ0n) is 16.6. The molecule has 0 aliphatic carbocycles. The lowest BCUT2D eigenvalue weighted by atomic mass is 10.0. The molecule has 2 aromatic rings. The second-order valence-corrected chi connectivity index (χ2v) is 7.18. The summed E-state index contributed by atoms with van der Waals surface area (Å²) in [6.45, 7) is 1.26. The van der Waals surface area contributed by atoms with E-state index in [1.807, 2.05) is 60.3 Å². The van der Waals surface area contributed by atoms with Crippen LogP contribution in [0.4, 0.5) is 5.69 Å².